The zero-order chi connectivity index (χ0) is 18.4. The number of halogens is 1. The lowest BCUT2D eigenvalue weighted by molar-refractivity contribution is 1.02. The second kappa shape index (κ2) is 6.29. The first-order chi connectivity index (χ1) is 13.2. The van der Waals surface area contributed by atoms with E-state index < -0.39 is 0 Å². The van der Waals surface area contributed by atoms with Gasteiger partial charge in [0.2, 0.25) is 0 Å². The molecular weight excluding hydrogens is 354 g/mol. The number of fused-ring (bicyclic) bond motifs is 1. The number of nitrogens with zero attached hydrogens (tertiary/aromatic N) is 1. The van der Waals surface area contributed by atoms with Crippen LogP contribution in [-0.2, 0) is 12.8 Å². The maximum Gasteiger partial charge on any atom is 0.198 e. The number of nitrogens with one attached hydrogen (secondary N) is 1. The predicted molar refractivity (Wildman–Crippen MR) is 115 cm³/mol. The molecule has 4 heteroatoms. The van der Waals surface area contributed by atoms with Crippen molar-refractivity contribution in [3.63, 3.8) is 0 Å². The fourth-order valence-electron chi connectivity index (χ4n) is 4.00. The molecule has 0 spiro atoms. The molecule has 0 saturated carbocycles. The van der Waals surface area contributed by atoms with Crippen molar-refractivity contribution in [1.82, 2.24) is 0 Å². The maximum atomic E-state index is 6.31. The molecular formula is C23H18ClN3. The van der Waals surface area contributed by atoms with Crippen LogP contribution in [0.2, 0.25) is 5.02 Å². The van der Waals surface area contributed by atoms with E-state index >= 15 is 0 Å². The van der Waals surface area contributed by atoms with E-state index in [1.165, 1.54) is 16.5 Å². The van der Waals surface area contributed by atoms with Gasteiger partial charge in [-0.2, -0.15) is 0 Å². The van der Waals surface area contributed by atoms with E-state index in [0.29, 0.717) is 5.96 Å². The van der Waals surface area contributed by atoms with E-state index in [1.54, 1.807) is 0 Å². The number of nitrogens with two attached hydrogens (primary N) is 1. The van der Waals surface area contributed by atoms with Crippen LogP contribution in [0.25, 0.3) is 21.5 Å². The number of hydrogen-bond acceptors (Lipinski definition) is 1. The summed E-state index contributed by atoms with van der Waals surface area (Å²) >= 11 is 6.31. The van der Waals surface area contributed by atoms with Crippen LogP contribution < -0.4 is 11.1 Å². The molecule has 0 heterocycles. The van der Waals surface area contributed by atoms with E-state index in [9.17, 15) is 0 Å². The van der Waals surface area contributed by atoms with E-state index in [-0.39, 0.29) is 0 Å². The van der Waals surface area contributed by atoms with Crippen molar-refractivity contribution in [1.29, 1.82) is 0 Å². The first kappa shape index (κ1) is 16.2. The molecule has 0 unspecified atom stereocenters. The van der Waals surface area contributed by atoms with E-state index in [1.807, 2.05) is 36.4 Å². The van der Waals surface area contributed by atoms with E-state index in [0.717, 1.165) is 45.4 Å². The smallest absolute Gasteiger partial charge is 0.198 e. The summed E-state index contributed by atoms with van der Waals surface area (Å²) in [5.41, 5.74) is 10.8. The Hall–Kier alpha value is -3.04. The topological polar surface area (TPSA) is 50.4 Å². The number of anilines is 1. The minimum Gasteiger partial charge on any atom is -0.369 e. The SMILES string of the molecule is NC(=Nc1ccc2c3c(cccc13)CC2)Nc1ccc(Cl)c2ccccc12. The molecule has 1 aliphatic carbocycles. The first-order valence-electron chi connectivity index (χ1n) is 9.02. The average molecular weight is 372 g/mol. The van der Waals surface area contributed by atoms with Crippen molar-refractivity contribution in [2.75, 3.05) is 5.32 Å². The molecule has 3 nitrogen and oxygen atoms in total. The van der Waals surface area contributed by atoms with Gasteiger partial charge in [-0.05, 0) is 47.6 Å². The lowest BCUT2D eigenvalue weighted by atomic mass is 10.0. The molecule has 3 N–H and O–H groups in total. The summed E-state index contributed by atoms with van der Waals surface area (Å²) in [6.07, 6.45) is 2.20. The Balaban J connectivity index is 1.56. The number of benzene rings is 4. The molecule has 27 heavy (non-hydrogen) atoms. The highest BCUT2D eigenvalue weighted by atomic mass is 35.5. The molecule has 0 bridgehead atoms. The van der Waals surface area contributed by atoms with E-state index in [2.05, 4.69) is 40.6 Å². The van der Waals surface area contributed by atoms with Crippen LogP contribution in [0.3, 0.4) is 0 Å². The predicted octanol–water partition coefficient (Wildman–Crippen LogP) is 5.80. The average Bonchev–Trinajstić information content (AvgIpc) is 3.11. The normalized spacial score (nSPS) is 13.4. The third kappa shape index (κ3) is 2.71. The molecule has 0 aliphatic heterocycles. The van der Waals surface area contributed by atoms with Crippen molar-refractivity contribution in [3.05, 3.63) is 82.9 Å². The third-order valence-corrected chi connectivity index (χ3v) is 5.56. The van der Waals surface area contributed by atoms with Crippen LogP contribution in [0.1, 0.15) is 11.1 Å². The van der Waals surface area contributed by atoms with Crippen molar-refractivity contribution in [2.45, 2.75) is 12.8 Å². The molecule has 0 atom stereocenters. The number of aliphatic imine (C=N–C) groups is 1. The van der Waals surface area contributed by atoms with Gasteiger partial charge in [-0.3, -0.25) is 0 Å². The number of aryl methyl sites for hydroxylation is 2. The third-order valence-electron chi connectivity index (χ3n) is 5.23. The van der Waals surface area contributed by atoms with Gasteiger partial charge in [0.05, 0.1) is 5.69 Å². The zero-order valence-corrected chi connectivity index (χ0v) is 15.4. The van der Waals surface area contributed by atoms with E-state index in [4.69, 9.17) is 17.3 Å². The quantitative estimate of drug-likeness (QED) is 0.345. The number of hydrogen-bond donors (Lipinski definition) is 2. The van der Waals surface area contributed by atoms with Crippen molar-refractivity contribution in [2.24, 2.45) is 10.7 Å². The summed E-state index contributed by atoms with van der Waals surface area (Å²) in [4.78, 5) is 4.67. The fourth-order valence-corrected chi connectivity index (χ4v) is 4.22. The molecule has 0 saturated heterocycles. The van der Waals surface area contributed by atoms with Crippen LogP contribution in [0.4, 0.5) is 11.4 Å². The second-order valence-electron chi connectivity index (χ2n) is 6.85. The standard InChI is InChI=1S/C23H18ClN3/c24-19-11-13-20(17-6-2-1-5-16(17)19)26-23(25)27-21-12-10-15-9-8-14-4-3-7-18(21)22(14)15/h1-7,10-13H,8-9H2,(H3,25,26,27). The van der Waals surface area contributed by atoms with Gasteiger partial charge in [0.1, 0.15) is 0 Å². The highest BCUT2D eigenvalue weighted by Crippen LogP contribution is 2.36. The molecule has 5 rings (SSSR count). The first-order valence-corrected chi connectivity index (χ1v) is 9.40. The molecule has 0 radical (unpaired) electrons. The number of rotatable bonds is 2. The summed E-state index contributed by atoms with van der Waals surface area (Å²) in [7, 11) is 0. The minimum absolute atomic E-state index is 0.362. The van der Waals surface area contributed by atoms with Gasteiger partial charge in [-0.15, -0.1) is 0 Å². The van der Waals surface area contributed by atoms with Crippen molar-refractivity contribution < 1.29 is 0 Å². The molecule has 4 aromatic rings. The molecule has 132 valence electrons. The Morgan fingerprint density at radius 2 is 1.56 bits per heavy atom. The lowest BCUT2D eigenvalue weighted by Gasteiger charge is -2.11. The molecule has 0 amide bonds. The van der Waals surface area contributed by atoms with Crippen LogP contribution in [0.5, 0.6) is 0 Å². The largest absolute Gasteiger partial charge is 0.369 e. The summed E-state index contributed by atoms with van der Waals surface area (Å²) in [5, 5.41) is 8.46. The molecule has 0 fully saturated rings. The Kier molecular flexibility index (Phi) is 3.76. The summed E-state index contributed by atoms with van der Waals surface area (Å²) in [6.45, 7) is 0. The lowest BCUT2D eigenvalue weighted by Crippen LogP contribution is -2.22. The van der Waals surface area contributed by atoms with Gasteiger partial charge in [0.25, 0.3) is 0 Å². The summed E-state index contributed by atoms with van der Waals surface area (Å²) in [5.74, 6) is 0.362. The summed E-state index contributed by atoms with van der Waals surface area (Å²) < 4.78 is 0. The van der Waals surface area contributed by atoms with Gasteiger partial charge in [0, 0.05) is 26.9 Å². The highest BCUT2D eigenvalue weighted by Gasteiger charge is 2.15. The molecule has 0 aromatic heterocycles. The van der Waals surface area contributed by atoms with Gasteiger partial charge < -0.3 is 11.1 Å². The van der Waals surface area contributed by atoms with Crippen LogP contribution >= 0.6 is 11.6 Å². The van der Waals surface area contributed by atoms with Crippen LogP contribution in [-0.4, -0.2) is 5.96 Å². The Bertz CT molecular complexity index is 1220. The monoisotopic (exact) mass is 371 g/mol. The number of guanidine groups is 1. The molecule has 1 aliphatic rings. The molecule has 4 aromatic carbocycles. The van der Waals surface area contributed by atoms with Gasteiger partial charge in [0.15, 0.2) is 5.96 Å². The van der Waals surface area contributed by atoms with Crippen molar-refractivity contribution in [3.8, 4) is 0 Å². The zero-order valence-electron chi connectivity index (χ0n) is 14.7. The van der Waals surface area contributed by atoms with Gasteiger partial charge in [-0.1, -0.05) is 60.1 Å². The van der Waals surface area contributed by atoms with Gasteiger partial charge in [-0.25, -0.2) is 4.99 Å². The minimum atomic E-state index is 0.362. The Labute approximate surface area is 162 Å². The maximum absolute atomic E-state index is 6.31. The van der Waals surface area contributed by atoms with Crippen molar-refractivity contribution >= 4 is 50.5 Å². The highest BCUT2D eigenvalue weighted by molar-refractivity contribution is 6.36. The Morgan fingerprint density at radius 1 is 0.815 bits per heavy atom. The van der Waals surface area contributed by atoms with Crippen LogP contribution in [0.15, 0.2) is 71.7 Å². The van der Waals surface area contributed by atoms with Gasteiger partial charge >= 0.3 is 0 Å². The second-order valence-corrected chi connectivity index (χ2v) is 7.25. The Morgan fingerprint density at radius 3 is 2.41 bits per heavy atom. The fraction of sp³-hybridized carbons (Fsp3) is 0.0870. The van der Waals surface area contributed by atoms with Crippen LogP contribution in [0, 0.1) is 0 Å². The summed E-state index contributed by atoms with van der Waals surface area (Å²) in [6, 6.07) is 22.4.